The predicted molar refractivity (Wildman–Crippen MR) is 296 cm³/mol. The van der Waals surface area contributed by atoms with Crippen molar-refractivity contribution in [2.24, 2.45) is 0 Å². The second-order valence-electron chi connectivity index (χ2n) is 19.9. The Hall–Kier alpha value is -7.89. The van der Waals surface area contributed by atoms with Gasteiger partial charge in [0, 0.05) is 78.5 Å². The van der Waals surface area contributed by atoms with Crippen molar-refractivity contribution in [2.45, 2.75) is 70.5 Å². The number of aliphatic hydroxyl groups is 1. The maximum atomic E-state index is 15.3. The Balaban J connectivity index is 0.882. The second-order valence-corrected chi connectivity index (χ2v) is 19.9. The third-order valence-electron chi connectivity index (χ3n) is 16.1. The fraction of sp³-hybridized carbons (Fsp3) is 0.297. The van der Waals surface area contributed by atoms with Crippen LogP contribution in [0, 0.1) is 0 Å². The van der Waals surface area contributed by atoms with Gasteiger partial charge in [-0.3, -0.25) is 9.69 Å². The first-order valence-corrected chi connectivity index (χ1v) is 26.9. The topological polar surface area (TPSA) is 118 Å². The van der Waals surface area contributed by atoms with Crippen LogP contribution in [-0.4, -0.2) is 104 Å². The van der Waals surface area contributed by atoms with Crippen LogP contribution in [0.1, 0.15) is 96.1 Å². The zero-order valence-electron chi connectivity index (χ0n) is 43.3. The van der Waals surface area contributed by atoms with Gasteiger partial charge in [0.2, 0.25) is 0 Å². The van der Waals surface area contributed by atoms with Crippen molar-refractivity contribution in [3.63, 3.8) is 0 Å². The number of likely N-dealkylation sites (tertiary alicyclic amines) is 1. The van der Waals surface area contributed by atoms with Crippen LogP contribution in [-0.2, 0) is 9.47 Å². The van der Waals surface area contributed by atoms with E-state index in [1.54, 1.807) is 0 Å². The average molecular weight is 1000 g/mol. The molecular weight excluding hydrogens is 935 g/mol. The van der Waals surface area contributed by atoms with Crippen LogP contribution in [0.4, 0.5) is 10.5 Å². The van der Waals surface area contributed by atoms with Gasteiger partial charge in [-0.25, -0.2) is 4.79 Å². The molecular formula is C64H66N5O6+. The van der Waals surface area contributed by atoms with Crippen LogP contribution in [0.2, 0.25) is 0 Å². The fourth-order valence-electron chi connectivity index (χ4n) is 12.2. The number of alkyl carbamates (subject to hydrolysis) is 1. The number of allylic oxidation sites excluding steroid dienone is 1. The molecule has 6 aromatic carbocycles. The molecule has 0 spiro atoms. The molecule has 75 heavy (non-hydrogen) atoms. The summed E-state index contributed by atoms with van der Waals surface area (Å²) in [6, 6.07) is 46.4. The first-order chi connectivity index (χ1) is 36.8. The summed E-state index contributed by atoms with van der Waals surface area (Å²) in [6.07, 6.45) is 6.46. The molecule has 11 nitrogen and oxygen atoms in total. The third-order valence-corrected chi connectivity index (χ3v) is 16.1. The Kier molecular flexibility index (Phi) is 14.2. The molecule has 0 bridgehead atoms. The zero-order chi connectivity index (χ0) is 51.6. The largest absolute Gasteiger partial charge is 0.545 e. The van der Waals surface area contributed by atoms with Gasteiger partial charge in [0.05, 0.1) is 12.1 Å². The van der Waals surface area contributed by atoms with Crippen molar-refractivity contribution in [1.29, 1.82) is 0 Å². The summed E-state index contributed by atoms with van der Waals surface area (Å²) in [5.41, 5.74) is 14.4. The van der Waals surface area contributed by atoms with Gasteiger partial charge in [0.1, 0.15) is 24.7 Å². The molecule has 0 radical (unpaired) electrons. The number of benzene rings is 6. The first-order valence-electron chi connectivity index (χ1n) is 26.9. The average Bonchev–Trinajstić information content (AvgIpc) is 3.86. The molecule has 2 heterocycles. The summed E-state index contributed by atoms with van der Waals surface area (Å²) >= 11 is 0. The van der Waals surface area contributed by atoms with Crippen LogP contribution in [0.25, 0.3) is 27.8 Å². The summed E-state index contributed by atoms with van der Waals surface area (Å²) in [5, 5.41) is 14.8. The minimum Gasteiger partial charge on any atom is -0.456 e. The Morgan fingerprint density at radius 2 is 1.21 bits per heavy atom. The maximum Gasteiger partial charge on any atom is 0.545 e. The monoisotopic (exact) mass is 1000 g/mol. The van der Waals surface area contributed by atoms with Crippen LogP contribution in [0.3, 0.4) is 0 Å². The number of nitrogens with zero attached hydrogens (tertiary/aromatic N) is 3. The number of hydrogen-bond donors (Lipinski definition) is 3. The van der Waals surface area contributed by atoms with E-state index < -0.39 is 18.2 Å². The van der Waals surface area contributed by atoms with E-state index in [1.807, 2.05) is 77.7 Å². The molecule has 1 fully saturated rings. The summed E-state index contributed by atoms with van der Waals surface area (Å²) in [6.45, 7) is 13.2. The van der Waals surface area contributed by atoms with Crippen LogP contribution in [0.15, 0.2) is 169 Å². The lowest BCUT2D eigenvalue weighted by atomic mass is 9.84. The highest BCUT2D eigenvalue weighted by molar-refractivity contribution is 6.03. The molecule has 382 valence electrons. The van der Waals surface area contributed by atoms with E-state index in [0.29, 0.717) is 31.5 Å². The van der Waals surface area contributed by atoms with Crippen molar-refractivity contribution < 1.29 is 33.9 Å². The van der Waals surface area contributed by atoms with Gasteiger partial charge in [-0.1, -0.05) is 141 Å². The third kappa shape index (κ3) is 9.50. The number of likely N-dealkylation sites (N-methyl/N-ethyl adjacent to an activating group) is 1. The van der Waals surface area contributed by atoms with E-state index in [1.165, 1.54) is 0 Å². The lowest BCUT2D eigenvalue weighted by Gasteiger charge is -2.33. The number of rotatable bonds is 14. The van der Waals surface area contributed by atoms with E-state index in [9.17, 15) is 9.90 Å². The zero-order valence-corrected chi connectivity index (χ0v) is 43.3. The minimum atomic E-state index is -0.568. The van der Waals surface area contributed by atoms with E-state index in [4.69, 9.17) is 14.2 Å². The Morgan fingerprint density at radius 3 is 1.80 bits per heavy atom. The molecule has 0 saturated carbocycles. The molecule has 6 aromatic rings. The number of fused-ring (bicyclic) bond motifs is 8. The molecule has 0 aromatic heterocycles. The molecule has 11 heteroatoms. The molecule has 1 saturated heterocycles. The van der Waals surface area contributed by atoms with Gasteiger partial charge in [-0.2, -0.15) is 4.99 Å². The Bertz CT molecular complexity index is 3170. The van der Waals surface area contributed by atoms with E-state index >= 15 is 4.79 Å². The van der Waals surface area contributed by atoms with Gasteiger partial charge in [-0.05, 0) is 108 Å². The smallest absolute Gasteiger partial charge is 0.456 e. The number of nitrogens with one attached hydrogen (secondary N) is 2. The van der Waals surface area contributed by atoms with Crippen molar-refractivity contribution in [3.05, 3.63) is 208 Å². The van der Waals surface area contributed by atoms with E-state index in [0.717, 1.165) is 110 Å². The number of carbonyl (C=O) groups excluding carboxylic acids is 2. The van der Waals surface area contributed by atoms with Gasteiger partial charge in [0.15, 0.2) is 6.04 Å². The number of aliphatic hydroxyl groups excluding tert-OH is 1. The summed E-state index contributed by atoms with van der Waals surface area (Å²) in [7, 11) is 0. The van der Waals surface area contributed by atoms with E-state index in [2.05, 4.69) is 133 Å². The van der Waals surface area contributed by atoms with Crippen LogP contribution in [0.5, 0.6) is 5.75 Å². The number of amides is 2. The maximum absolute atomic E-state index is 15.3. The van der Waals surface area contributed by atoms with Crippen molar-refractivity contribution in [2.75, 3.05) is 57.4 Å². The number of ether oxygens (including phenoxy) is 3. The fourth-order valence-corrected chi connectivity index (χ4v) is 12.2. The first kappa shape index (κ1) is 49.3. The number of anilines is 1. The van der Waals surface area contributed by atoms with Crippen molar-refractivity contribution in [1.82, 2.24) is 15.1 Å². The normalized spacial score (nSPS) is 18.7. The molecule has 5 aliphatic rings. The van der Waals surface area contributed by atoms with Gasteiger partial charge in [-0.15, -0.1) is 0 Å². The van der Waals surface area contributed by atoms with Crippen molar-refractivity contribution in [3.8, 4) is 28.0 Å². The molecule has 3 N–H and O–H groups in total. The molecule has 3 atom stereocenters. The number of hydrogen-bond acceptors (Lipinski definition) is 7. The van der Waals surface area contributed by atoms with Gasteiger partial charge in [0.25, 0.3) is 5.91 Å². The standard InChI is InChI=1S/C64H65N5O6/c1-5-67(6-2)41-29-31-53-59(37-41)75-60-38-42(68(7-3)8-4)30-32-54(60)61(53)51-27-17-18-28-52(51)62(70)69-35-33-57(65-63(71)73-39-55-47-23-13-9-19-43(47)44-20-10-14-24-48(44)55)58(34-36-69)66-64(72)74-40-56-49-25-15-11-21-45(49)46-22-12-16-26-50(46)56/h9-32,37-38,41,55-58H,5-8,33-36,39-40H2,1-4H3,(H,65,71)(H,66,72)/p+1/t41?,57-,58-/m0/s1. The summed E-state index contributed by atoms with van der Waals surface area (Å²) in [5.74, 6) is 1.22. The molecule has 3 aliphatic carbocycles. The van der Waals surface area contributed by atoms with Crippen LogP contribution >= 0.6 is 0 Å². The molecule has 2 amide bonds. The Labute approximate surface area is 440 Å². The highest BCUT2D eigenvalue weighted by Gasteiger charge is 2.38. The van der Waals surface area contributed by atoms with Crippen LogP contribution < -0.4 is 19.9 Å². The minimum absolute atomic E-state index is 0.0660. The molecule has 1 unspecified atom stereocenters. The predicted octanol–water partition coefficient (Wildman–Crippen LogP) is 10.2. The second kappa shape index (κ2) is 21.5. The summed E-state index contributed by atoms with van der Waals surface area (Å²) < 4.78 is 19.1. The highest BCUT2D eigenvalue weighted by atomic mass is 16.6. The van der Waals surface area contributed by atoms with Gasteiger partial charge >= 0.3 is 12.2 Å². The quantitative estimate of drug-likeness (QED) is 0.0730. The molecule has 11 rings (SSSR count). The van der Waals surface area contributed by atoms with Gasteiger partial charge < -0.3 is 34.4 Å². The SMILES string of the molecule is CCN(CC)c1ccc2c(c1)OC1=CC(N(CC)CC)C=CC1=C2c1ccccc1C(=O)N1CC[C@H](NC(=O)OCC2c3ccccc3-c3ccccc32)[C@@H]([NH+]=C(O)OCC2c3ccccc3-c3ccccc32)CC1. The van der Waals surface area contributed by atoms with E-state index in [-0.39, 0.29) is 43.1 Å². The Morgan fingerprint density at radius 1 is 0.667 bits per heavy atom. The summed E-state index contributed by atoms with van der Waals surface area (Å²) in [4.78, 5) is 39.2. The lowest BCUT2D eigenvalue weighted by molar-refractivity contribution is -0.526. The lowest BCUT2D eigenvalue weighted by Crippen LogP contribution is -2.84. The molecule has 2 aliphatic heterocycles. The van der Waals surface area contributed by atoms with Crippen molar-refractivity contribution >= 4 is 29.3 Å². The number of carbonyl (C=O) groups is 2. The highest BCUT2D eigenvalue weighted by Crippen LogP contribution is 2.48.